The number of nitrogens with one attached hydrogen (secondary N) is 1. The molecule has 2 aromatic heterocycles. The summed E-state index contributed by atoms with van der Waals surface area (Å²) in [6, 6.07) is 19.3. The Kier molecular flexibility index (Phi) is 6.54. The first kappa shape index (κ1) is 22.7. The number of nitrogen functional groups attached to an aromatic ring is 1. The summed E-state index contributed by atoms with van der Waals surface area (Å²) >= 11 is 1.39. The van der Waals surface area contributed by atoms with Crippen LogP contribution in [0.4, 0.5) is 10.8 Å². The summed E-state index contributed by atoms with van der Waals surface area (Å²) in [5.41, 5.74) is 11.2. The van der Waals surface area contributed by atoms with Crippen molar-refractivity contribution in [2.24, 2.45) is 0 Å². The summed E-state index contributed by atoms with van der Waals surface area (Å²) in [6.45, 7) is 0.328. The van der Waals surface area contributed by atoms with Crippen LogP contribution in [0.15, 0.2) is 78.4 Å². The number of benzene rings is 2. The molecule has 0 unspecified atom stereocenters. The predicted molar refractivity (Wildman–Crippen MR) is 138 cm³/mol. The largest absolute Gasteiger partial charge is 0.375 e. The minimum atomic E-state index is -0.143. The van der Waals surface area contributed by atoms with E-state index in [1.54, 1.807) is 24.5 Å². The summed E-state index contributed by atoms with van der Waals surface area (Å²) in [5.74, 6) is -0.245. The van der Waals surface area contributed by atoms with Crippen molar-refractivity contribution in [1.82, 2.24) is 14.9 Å². The molecule has 0 fully saturated rings. The summed E-state index contributed by atoms with van der Waals surface area (Å²) in [7, 11) is 0. The van der Waals surface area contributed by atoms with Crippen LogP contribution in [0.2, 0.25) is 0 Å². The summed E-state index contributed by atoms with van der Waals surface area (Å²) in [5, 5.41) is 5.36. The highest BCUT2D eigenvalue weighted by Crippen LogP contribution is 2.27. The number of rotatable bonds is 7. The highest BCUT2D eigenvalue weighted by atomic mass is 32.1. The standard InChI is InChI=1S/C27H25N5O2S/c28-27-31-24(17-35-27)18-7-9-22(10-8-18)30-25(33)11-13-32(26(34)21-6-3-12-29-16-21)23-14-19-4-1-2-5-20(19)15-23/h1-10,12,16-17,23H,11,13-15H2,(H2,28,31)(H,30,33). The summed E-state index contributed by atoms with van der Waals surface area (Å²) < 4.78 is 0. The van der Waals surface area contributed by atoms with Crippen LogP contribution in [-0.4, -0.2) is 39.3 Å². The molecular weight excluding hydrogens is 458 g/mol. The van der Waals surface area contributed by atoms with Crippen molar-refractivity contribution in [3.05, 3.63) is 95.1 Å². The van der Waals surface area contributed by atoms with E-state index in [-0.39, 0.29) is 24.3 Å². The van der Waals surface area contributed by atoms with Crippen LogP contribution in [0.3, 0.4) is 0 Å². The number of amides is 2. The van der Waals surface area contributed by atoms with Gasteiger partial charge in [0.1, 0.15) is 0 Å². The lowest BCUT2D eigenvalue weighted by atomic mass is 10.1. The molecule has 4 aromatic rings. The molecule has 5 rings (SSSR count). The van der Waals surface area contributed by atoms with Gasteiger partial charge in [0, 0.05) is 48.0 Å². The first-order chi connectivity index (χ1) is 17.1. The highest BCUT2D eigenvalue weighted by molar-refractivity contribution is 7.13. The maximum atomic E-state index is 13.4. The number of pyridine rings is 1. The minimum Gasteiger partial charge on any atom is -0.375 e. The van der Waals surface area contributed by atoms with Gasteiger partial charge in [0.25, 0.3) is 5.91 Å². The molecule has 0 radical (unpaired) electrons. The molecule has 0 saturated carbocycles. The number of thiazole rings is 1. The van der Waals surface area contributed by atoms with E-state index in [2.05, 4.69) is 27.4 Å². The lowest BCUT2D eigenvalue weighted by Crippen LogP contribution is -2.42. The molecule has 1 aliphatic rings. The Hall–Kier alpha value is -4.04. The van der Waals surface area contributed by atoms with Crippen LogP contribution in [0.1, 0.15) is 27.9 Å². The molecule has 0 bridgehead atoms. The summed E-state index contributed by atoms with van der Waals surface area (Å²) in [4.78, 5) is 36.4. The second-order valence-corrected chi connectivity index (χ2v) is 9.41. The molecule has 8 heteroatoms. The number of hydrogen-bond donors (Lipinski definition) is 2. The third-order valence-corrected chi connectivity index (χ3v) is 6.88. The van der Waals surface area contributed by atoms with Gasteiger partial charge in [0.05, 0.1) is 11.3 Å². The zero-order chi connectivity index (χ0) is 24.2. The molecule has 0 aliphatic heterocycles. The number of anilines is 2. The van der Waals surface area contributed by atoms with Crippen LogP contribution < -0.4 is 11.1 Å². The Morgan fingerprint density at radius 1 is 1.03 bits per heavy atom. The van der Waals surface area contributed by atoms with Gasteiger partial charge in [-0.15, -0.1) is 11.3 Å². The van der Waals surface area contributed by atoms with Crippen molar-refractivity contribution in [3.8, 4) is 11.3 Å². The van der Waals surface area contributed by atoms with Crippen LogP contribution in [-0.2, 0) is 17.6 Å². The molecule has 7 nitrogen and oxygen atoms in total. The van der Waals surface area contributed by atoms with Crippen molar-refractivity contribution >= 4 is 34.0 Å². The zero-order valence-electron chi connectivity index (χ0n) is 19.1. The fraction of sp³-hybridized carbons (Fsp3) is 0.185. The SMILES string of the molecule is Nc1nc(-c2ccc(NC(=O)CCN(C(=O)c3cccnc3)C3Cc4ccccc4C3)cc2)cs1. The van der Waals surface area contributed by atoms with Gasteiger partial charge in [-0.2, -0.15) is 0 Å². The van der Waals surface area contributed by atoms with Gasteiger partial charge in [-0.3, -0.25) is 14.6 Å². The number of fused-ring (bicyclic) bond motifs is 1. The molecule has 0 spiro atoms. The molecule has 0 saturated heterocycles. The zero-order valence-corrected chi connectivity index (χ0v) is 19.9. The number of carbonyl (C=O) groups excluding carboxylic acids is 2. The molecule has 3 N–H and O–H groups in total. The normalized spacial score (nSPS) is 12.8. The quantitative estimate of drug-likeness (QED) is 0.405. The Balaban J connectivity index is 1.25. The molecule has 2 amide bonds. The van der Waals surface area contributed by atoms with E-state index in [1.807, 2.05) is 46.7 Å². The van der Waals surface area contributed by atoms with Crippen LogP contribution >= 0.6 is 11.3 Å². The van der Waals surface area contributed by atoms with Crippen LogP contribution in [0, 0.1) is 0 Å². The second-order valence-electron chi connectivity index (χ2n) is 8.52. The predicted octanol–water partition coefficient (Wildman–Crippen LogP) is 4.43. The van der Waals surface area contributed by atoms with Crippen molar-refractivity contribution in [1.29, 1.82) is 0 Å². The maximum absolute atomic E-state index is 13.4. The summed E-state index contributed by atoms with van der Waals surface area (Å²) in [6.07, 6.45) is 4.99. The van der Waals surface area contributed by atoms with Gasteiger partial charge in [0.2, 0.25) is 5.91 Å². The average Bonchev–Trinajstić information content (AvgIpc) is 3.51. The van der Waals surface area contributed by atoms with Gasteiger partial charge in [-0.1, -0.05) is 36.4 Å². The van der Waals surface area contributed by atoms with Crippen molar-refractivity contribution in [2.75, 3.05) is 17.6 Å². The molecule has 0 atom stereocenters. The van der Waals surface area contributed by atoms with Crippen LogP contribution in [0.25, 0.3) is 11.3 Å². The first-order valence-electron chi connectivity index (χ1n) is 11.5. The van der Waals surface area contributed by atoms with E-state index in [9.17, 15) is 9.59 Å². The Morgan fingerprint density at radius 3 is 2.40 bits per heavy atom. The average molecular weight is 484 g/mol. The molecule has 2 aromatic carbocycles. The van der Waals surface area contributed by atoms with Crippen molar-refractivity contribution in [2.45, 2.75) is 25.3 Å². The lowest BCUT2D eigenvalue weighted by molar-refractivity contribution is -0.116. The Bertz CT molecular complexity index is 1310. The minimum absolute atomic E-state index is 0.0118. The smallest absolute Gasteiger partial charge is 0.255 e. The van der Waals surface area contributed by atoms with E-state index >= 15 is 0 Å². The number of carbonyl (C=O) groups is 2. The van der Waals surface area contributed by atoms with E-state index in [0.717, 1.165) is 24.1 Å². The second kappa shape index (κ2) is 10.1. The van der Waals surface area contributed by atoms with E-state index in [4.69, 9.17) is 5.73 Å². The van der Waals surface area contributed by atoms with Crippen LogP contribution in [0.5, 0.6) is 0 Å². The molecule has 35 heavy (non-hydrogen) atoms. The van der Waals surface area contributed by atoms with E-state index in [0.29, 0.717) is 22.9 Å². The highest BCUT2D eigenvalue weighted by Gasteiger charge is 2.30. The number of nitrogens with zero attached hydrogens (tertiary/aromatic N) is 3. The molecule has 1 aliphatic carbocycles. The van der Waals surface area contributed by atoms with Gasteiger partial charge in [0.15, 0.2) is 5.13 Å². The number of aromatic nitrogens is 2. The Labute approximate surface area is 207 Å². The third-order valence-electron chi connectivity index (χ3n) is 6.21. The maximum Gasteiger partial charge on any atom is 0.255 e. The fourth-order valence-electron chi connectivity index (χ4n) is 4.45. The first-order valence-corrected chi connectivity index (χ1v) is 12.3. The number of nitrogens with two attached hydrogens (primary N) is 1. The molecular formula is C27H25N5O2S. The third kappa shape index (κ3) is 5.22. The molecule has 2 heterocycles. The molecule has 176 valence electrons. The van der Waals surface area contributed by atoms with Crippen molar-refractivity contribution in [3.63, 3.8) is 0 Å². The monoisotopic (exact) mass is 483 g/mol. The van der Waals surface area contributed by atoms with E-state index < -0.39 is 0 Å². The van der Waals surface area contributed by atoms with Gasteiger partial charge in [-0.25, -0.2) is 4.98 Å². The van der Waals surface area contributed by atoms with Gasteiger partial charge >= 0.3 is 0 Å². The van der Waals surface area contributed by atoms with Crippen molar-refractivity contribution < 1.29 is 9.59 Å². The van der Waals surface area contributed by atoms with Gasteiger partial charge < -0.3 is 16.0 Å². The number of hydrogen-bond acceptors (Lipinski definition) is 6. The topological polar surface area (TPSA) is 101 Å². The fourth-order valence-corrected chi connectivity index (χ4v) is 5.02. The Morgan fingerprint density at radius 2 is 1.77 bits per heavy atom. The van der Waals surface area contributed by atoms with Gasteiger partial charge in [-0.05, 0) is 48.2 Å². The lowest BCUT2D eigenvalue weighted by Gasteiger charge is -2.29. The van der Waals surface area contributed by atoms with E-state index in [1.165, 1.54) is 22.5 Å².